The van der Waals surface area contributed by atoms with E-state index in [1.165, 1.54) is 10.9 Å². The Morgan fingerprint density at radius 2 is 2.15 bits per heavy atom. The van der Waals surface area contributed by atoms with Crippen molar-refractivity contribution in [2.45, 2.75) is 12.0 Å². The van der Waals surface area contributed by atoms with Crippen LogP contribution in [0.4, 0.5) is 0 Å². The number of primary amides is 1. The van der Waals surface area contributed by atoms with Gasteiger partial charge in [-0.2, -0.15) is 0 Å². The summed E-state index contributed by atoms with van der Waals surface area (Å²) < 4.78 is 6.66. The first kappa shape index (κ1) is 14.5. The molecular weight excluding hydrogens is 280 g/mol. The van der Waals surface area contributed by atoms with Crippen LogP contribution >= 0.6 is 11.6 Å². The second-order valence-corrected chi connectivity index (χ2v) is 4.78. The van der Waals surface area contributed by atoms with Gasteiger partial charge in [-0.15, -0.1) is 5.10 Å². The molecular formula is C13H15ClN4O2. The maximum atomic E-state index is 11.8. The third kappa shape index (κ3) is 3.15. The van der Waals surface area contributed by atoms with Gasteiger partial charge in [0.2, 0.25) is 5.91 Å². The number of carbonyl (C=O) groups is 1. The summed E-state index contributed by atoms with van der Waals surface area (Å²) in [4.78, 5) is 11.8. The molecule has 0 spiro atoms. The third-order valence-corrected chi connectivity index (χ3v) is 3.29. The van der Waals surface area contributed by atoms with Gasteiger partial charge >= 0.3 is 0 Å². The highest BCUT2D eigenvalue weighted by atomic mass is 35.5. The molecule has 0 bridgehead atoms. The van der Waals surface area contributed by atoms with Gasteiger partial charge in [0.25, 0.3) is 0 Å². The fraction of sp³-hybridized carbons (Fsp3) is 0.308. The Labute approximate surface area is 121 Å². The highest BCUT2D eigenvalue weighted by molar-refractivity contribution is 6.30. The molecule has 0 saturated carbocycles. The van der Waals surface area contributed by atoms with Gasteiger partial charge in [0, 0.05) is 24.2 Å². The summed E-state index contributed by atoms with van der Waals surface area (Å²) in [6.45, 7) is 0.328. The molecule has 7 heteroatoms. The number of methoxy groups -OCH3 is 1. The number of nitrogens with two attached hydrogens (primary N) is 1. The highest BCUT2D eigenvalue weighted by Gasteiger charge is 2.30. The molecule has 20 heavy (non-hydrogen) atoms. The molecule has 106 valence electrons. The van der Waals surface area contributed by atoms with Crippen LogP contribution in [0.1, 0.15) is 17.5 Å². The van der Waals surface area contributed by atoms with Crippen molar-refractivity contribution in [3.05, 3.63) is 47.2 Å². The van der Waals surface area contributed by atoms with Crippen molar-refractivity contribution < 1.29 is 9.53 Å². The number of carbonyl (C=O) groups excluding carboxylic acids is 1. The maximum Gasteiger partial charge on any atom is 0.243 e. The van der Waals surface area contributed by atoms with Crippen molar-refractivity contribution >= 4 is 17.5 Å². The largest absolute Gasteiger partial charge is 0.384 e. The minimum absolute atomic E-state index is 0.267. The number of halogens is 1. The van der Waals surface area contributed by atoms with Crippen LogP contribution in [-0.4, -0.2) is 34.6 Å². The van der Waals surface area contributed by atoms with Gasteiger partial charge in [-0.3, -0.25) is 4.79 Å². The lowest BCUT2D eigenvalue weighted by molar-refractivity contribution is -0.122. The molecule has 2 rings (SSSR count). The van der Waals surface area contributed by atoms with Crippen LogP contribution in [0, 0.1) is 0 Å². The van der Waals surface area contributed by atoms with Crippen LogP contribution in [0.15, 0.2) is 36.7 Å². The summed E-state index contributed by atoms with van der Waals surface area (Å²) in [5.74, 6) is -0.760. The minimum Gasteiger partial charge on any atom is -0.384 e. The van der Waals surface area contributed by atoms with Crippen molar-refractivity contribution in [3.63, 3.8) is 0 Å². The average Bonchev–Trinajstić information content (AvgIpc) is 2.92. The molecule has 0 radical (unpaired) electrons. The minimum atomic E-state index is -0.668. The summed E-state index contributed by atoms with van der Waals surface area (Å²) in [5, 5.41) is 8.21. The normalized spacial score (nSPS) is 13.9. The molecule has 1 aromatic carbocycles. The number of hydrogen-bond acceptors (Lipinski definition) is 4. The topological polar surface area (TPSA) is 83.0 Å². The summed E-state index contributed by atoms with van der Waals surface area (Å²) in [7, 11) is 1.57. The van der Waals surface area contributed by atoms with Crippen LogP contribution < -0.4 is 5.73 Å². The van der Waals surface area contributed by atoms with Gasteiger partial charge in [0.1, 0.15) is 6.04 Å². The molecule has 0 aliphatic heterocycles. The lowest BCUT2D eigenvalue weighted by atomic mass is 9.91. The Bertz CT molecular complexity index is 556. The van der Waals surface area contributed by atoms with E-state index in [1.807, 2.05) is 12.1 Å². The zero-order valence-electron chi connectivity index (χ0n) is 10.9. The SMILES string of the molecule is COCC(c1ccc(Cl)cc1)C(C(N)=O)n1ccnn1. The third-order valence-electron chi connectivity index (χ3n) is 3.04. The van der Waals surface area contributed by atoms with Crippen molar-refractivity contribution in [2.75, 3.05) is 13.7 Å². The quantitative estimate of drug-likeness (QED) is 0.872. The average molecular weight is 295 g/mol. The zero-order chi connectivity index (χ0) is 14.5. The lowest BCUT2D eigenvalue weighted by Crippen LogP contribution is -2.34. The smallest absolute Gasteiger partial charge is 0.243 e. The number of ether oxygens (including phenoxy) is 1. The first-order chi connectivity index (χ1) is 9.63. The van der Waals surface area contributed by atoms with Crippen LogP contribution in [0.3, 0.4) is 0 Å². The van der Waals surface area contributed by atoms with E-state index in [1.54, 1.807) is 25.4 Å². The number of hydrogen-bond donors (Lipinski definition) is 1. The van der Waals surface area contributed by atoms with E-state index in [2.05, 4.69) is 10.3 Å². The molecule has 2 atom stereocenters. The first-order valence-corrected chi connectivity index (χ1v) is 6.40. The monoisotopic (exact) mass is 294 g/mol. The van der Waals surface area contributed by atoms with E-state index in [9.17, 15) is 4.79 Å². The fourth-order valence-corrected chi connectivity index (χ4v) is 2.26. The molecule has 2 unspecified atom stereocenters. The summed E-state index contributed by atoms with van der Waals surface area (Å²) in [6.07, 6.45) is 3.11. The molecule has 2 N–H and O–H groups in total. The maximum absolute atomic E-state index is 11.8. The van der Waals surface area contributed by atoms with Gasteiger partial charge in [-0.25, -0.2) is 4.68 Å². The number of amides is 1. The second kappa shape index (κ2) is 6.49. The van der Waals surface area contributed by atoms with Crippen LogP contribution in [0.2, 0.25) is 5.02 Å². The van der Waals surface area contributed by atoms with E-state index in [-0.39, 0.29) is 5.92 Å². The Balaban J connectivity index is 2.39. The van der Waals surface area contributed by atoms with Gasteiger partial charge in [0.15, 0.2) is 0 Å². The molecule has 0 fully saturated rings. The number of aromatic nitrogens is 3. The Morgan fingerprint density at radius 1 is 1.45 bits per heavy atom. The van der Waals surface area contributed by atoms with Gasteiger partial charge in [-0.1, -0.05) is 28.9 Å². The summed E-state index contributed by atoms with van der Waals surface area (Å²) in [6, 6.07) is 6.55. The second-order valence-electron chi connectivity index (χ2n) is 4.34. The predicted octanol–water partition coefficient (Wildman–Crippen LogP) is 1.39. The fourth-order valence-electron chi connectivity index (χ4n) is 2.14. The van der Waals surface area contributed by atoms with Crippen LogP contribution in [-0.2, 0) is 9.53 Å². The Hall–Kier alpha value is -1.92. The Kier molecular flexibility index (Phi) is 4.70. The molecule has 6 nitrogen and oxygen atoms in total. The van der Waals surface area contributed by atoms with E-state index in [0.717, 1.165) is 5.56 Å². The van der Waals surface area contributed by atoms with Crippen molar-refractivity contribution in [3.8, 4) is 0 Å². The number of rotatable bonds is 6. The summed E-state index contributed by atoms with van der Waals surface area (Å²) >= 11 is 5.88. The van der Waals surface area contributed by atoms with Crippen LogP contribution in [0.5, 0.6) is 0 Å². The molecule has 2 aromatic rings. The van der Waals surface area contributed by atoms with Crippen molar-refractivity contribution in [1.82, 2.24) is 15.0 Å². The zero-order valence-corrected chi connectivity index (χ0v) is 11.7. The van der Waals surface area contributed by atoms with E-state index < -0.39 is 11.9 Å². The first-order valence-electron chi connectivity index (χ1n) is 6.03. The van der Waals surface area contributed by atoms with Gasteiger partial charge in [-0.05, 0) is 17.7 Å². The van der Waals surface area contributed by atoms with Crippen molar-refractivity contribution in [1.29, 1.82) is 0 Å². The van der Waals surface area contributed by atoms with E-state index in [0.29, 0.717) is 11.6 Å². The molecule has 0 aliphatic carbocycles. The van der Waals surface area contributed by atoms with E-state index >= 15 is 0 Å². The van der Waals surface area contributed by atoms with Gasteiger partial charge in [0.05, 0.1) is 12.8 Å². The van der Waals surface area contributed by atoms with E-state index in [4.69, 9.17) is 22.1 Å². The number of nitrogens with zero attached hydrogens (tertiary/aromatic N) is 3. The van der Waals surface area contributed by atoms with Crippen LogP contribution in [0.25, 0.3) is 0 Å². The van der Waals surface area contributed by atoms with Gasteiger partial charge < -0.3 is 10.5 Å². The highest BCUT2D eigenvalue weighted by Crippen LogP contribution is 2.29. The molecule has 1 heterocycles. The molecule has 1 aromatic heterocycles. The van der Waals surface area contributed by atoms with Crippen molar-refractivity contribution in [2.24, 2.45) is 5.73 Å². The predicted molar refractivity (Wildman–Crippen MR) is 74.3 cm³/mol. The lowest BCUT2D eigenvalue weighted by Gasteiger charge is -2.24. The molecule has 0 aliphatic rings. The molecule has 1 amide bonds. The molecule has 0 saturated heterocycles. The number of benzene rings is 1. The Morgan fingerprint density at radius 3 is 2.65 bits per heavy atom. The standard InChI is InChI=1S/C13H15ClN4O2/c1-20-8-11(9-2-4-10(14)5-3-9)12(13(15)19)18-7-6-16-17-18/h2-7,11-12H,8H2,1H3,(H2,15,19). The summed E-state index contributed by atoms with van der Waals surface area (Å²) in [5.41, 5.74) is 6.42.